The monoisotopic (exact) mass is 186 g/mol. The Labute approximate surface area is 65.1 Å². The third kappa shape index (κ3) is 5.57. The summed E-state index contributed by atoms with van der Waals surface area (Å²) in [6.45, 7) is 5.76. The predicted octanol–water partition coefficient (Wildman–Crippen LogP) is 3.07. The quantitative estimate of drug-likeness (QED) is 0.470. The Morgan fingerprint density at radius 3 is 2.67 bits per heavy atom. The number of hydrogen-bond acceptors (Lipinski definition) is 0. The van der Waals surface area contributed by atoms with Crippen LogP contribution in [0.5, 0.6) is 0 Å². The van der Waals surface area contributed by atoms with Crippen LogP contribution in [0.15, 0.2) is 36.5 Å². The van der Waals surface area contributed by atoms with Crippen LogP contribution in [0, 0.1) is 0 Å². The second-order valence-electron chi connectivity index (χ2n) is 1.68. The van der Waals surface area contributed by atoms with E-state index in [0.29, 0.717) is 0 Å². The molecule has 0 atom stereocenters. The van der Waals surface area contributed by atoms with Crippen molar-refractivity contribution < 1.29 is 0 Å². The molecule has 0 N–H and O–H groups in total. The maximum atomic E-state index is 3.78. The van der Waals surface area contributed by atoms with Crippen LogP contribution in [-0.4, -0.2) is 5.33 Å². The summed E-state index contributed by atoms with van der Waals surface area (Å²) in [5.74, 6) is 0. The molecule has 0 aliphatic heterocycles. The summed E-state index contributed by atoms with van der Waals surface area (Å²) in [6, 6.07) is 0. The van der Waals surface area contributed by atoms with Gasteiger partial charge in [-0.15, -0.1) is 0 Å². The molecule has 0 aliphatic rings. The molecule has 0 heterocycles. The first-order chi connectivity index (χ1) is 4.31. The summed E-state index contributed by atoms with van der Waals surface area (Å²) in [7, 11) is 0. The van der Waals surface area contributed by atoms with Gasteiger partial charge in [-0.25, -0.2) is 0 Å². The number of hydrogen-bond donors (Lipinski definition) is 0. The van der Waals surface area contributed by atoms with Crippen LogP contribution in [0.4, 0.5) is 0 Å². The van der Waals surface area contributed by atoms with Crippen molar-refractivity contribution in [3.63, 3.8) is 0 Å². The summed E-state index contributed by atoms with van der Waals surface area (Å²) in [5.41, 5.74) is 1.09. The standard InChI is InChI=1S/C8H11Br/c1-3-4-5-6-8(2)7-9/h3-6H,2,7H2,1H3/b4-3-,6-5-. The first kappa shape index (κ1) is 8.70. The van der Waals surface area contributed by atoms with Crippen LogP contribution in [0.25, 0.3) is 0 Å². The third-order valence-electron chi connectivity index (χ3n) is 0.807. The van der Waals surface area contributed by atoms with Gasteiger partial charge in [-0.3, -0.25) is 0 Å². The van der Waals surface area contributed by atoms with Crippen LogP contribution >= 0.6 is 15.9 Å². The fourth-order valence-electron chi connectivity index (χ4n) is 0.347. The number of rotatable bonds is 3. The van der Waals surface area contributed by atoms with Crippen molar-refractivity contribution in [1.82, 2.24) is 0 Å². The molecule has 0 spiro atoms. The predicted molar refractivity (Wildman–Crippen MR) is 46.9 cm³/mol. The molecule has 0 aliphatic carbocycles. The summed E-state index contributed by atoms with van der Waals surface area (Å²) in [5, 5.41) is 0.848. The second-order valence-corrected chi connectivity index (χ2v) is 2.24. The molecule has 0 saturated carbocycles. The Morgan fingerprint density at radius 2 is 2.22 bits per heavy atom. The van der Waals surface area contributed by atoms with E-state index >= 15 is 0 Å². The van der Waals surface area contributed by atoms with E-state index in [9.17, 15) is 0 Å². The minimum Gasteiger partial charge on any atom is -0.0950 e. The van der Waals surface area contributed by atoms with Gasteiger partial charge < -0.3 is 0 Å². The molecular weight excluding hydrogens is 176 g/mol. The Balaban J connectivity index is 3.57. The molecule has 0 radical (unpaired) electrons. The van der Waals surface area contributed by atoms with Crippen molar-refractivity contribution in [2.75, 3.05) is 5.33 Å². The minimum absolute atomic E-state index is 0.848. The topological polar surface area (TPSA) is 0 Å². The van der Waals surface area contributed by atoms with Crippen molar-refractivity contribution in [2.45, 2.75) is 6.92 Å². The summed E-state index contributed by atoms with van der Waals surface area (Å²) in [6.07, 6.45) is 7.92. The molecule has 0 amide bonds. The molecule has 1 heteroatoms. The minimum atomic E-state index is 0.848. The third-order valence-corrected chi connectivity index (χ3v) is 1.53. The van der Waals surface area contributed by atoms with Gasteiger partial charge in [0.05, 0.1) is 0 Å². The molecule has 0 fully saturated rings. The van der Waals surface area contributed by atoms with Gasteiger partial charge in [-0.1, -0.05) is 46.8 Å². The van der Waals surface area contributed by atoms with Gasteiger partial charge in [0, 0.05) is 5.33 Å². The van der Waals surface area contributed by atoms with Crippen LogP contribution in [0.3, 0.4) is 0 Å². The number of allylic oxidation sites excluding steroid dienone is 5. The molecule has 0 saturated heterocycles. The Kier molecular flexibility index (Phi) is 5.64. The van der Waals surface area contributed by atoms with E-state index in [1.54, 1.807) is 0 Å². The zero-order valence-electron chi connectivity index (χ0n) is 5.60. The zero-order chi connectivity index (χ0) is 7.11. The first-order valence-electron chi connectivity index (χ1n) is 2.84. The van der Waals surface area contributed by atoms with Crippen molar-refractivity contribution in [1.29, 1.82) is 0 Å². The molecule has 0 rings (SSSR count). The van der Waals surface area contributed by atoms with Crippen molar-refractivity contribution >= 4 is 15.9 Å². The van der Waals surface area contributed by atoms with Crippen LogP contribution < -0.4 is 0 Å². The fourth-order valence-corrected chi connectivity index (χ4v) is 0.534. The Hall–Kier alpha value is -0.300. The Morgan fingerprint density at radius 1 is 1.56 bits per heavy atom. The normalized spacial score (nSPS) is 11.3. The average Bonchev–Trinajstić information content (AvgIpc) is 1.89. The second kappa shape index (κ2) is 5.83. The van der Waals surface area contributed by atoms with E-state index in [4.69, 9.17) is 0 Å². The lowest BCUT2D eigenvalue weighted by molar-refractivity contribution is 1.60. The van der Waals surface area contributed by atoms with Crippen molar-refractivity contribution in [2.24, 2.45) is 0 Å². The highest BCUT2D eigenvalue weighted by Crippen LogP contribution is 1.97. The van der Waals surface area contributed by atoms with Crippen molar-refractivity contribution in [3.8, 4) is 0 Å². The maximum absolute atomic E-state index is 3.78. The Bertz CT molecular complexity index is 132. The van der Waals surface area contributed by atoms with Crippen molar-refractivity contribution in [3.05, 3.63) is 36.5 Å². The van der Waals surface area contributed by atoms with E-state index in [2.05, 4.69) is 22.5 Å². The SMILES string of the molecule is C=C(/C=C\C=C/C)CBr. The molecule has 0 aromatic carbocycles. The number of alkyl halides is 1. The maximum Gasteiger partial charge on any atom is 0.0277 e. The highest BCUT2D eigenvalue weighted by atomic mass is 79.9. The molecule has 0 aromatic rings. The highest BCUT2D eigenvalue weighted by molar-refractivity contribution is 9.09. The molecule has 0 unspecified atom stereocenters. The van der Waals surface area contributed by atoms with Crippen LogP contribution in [0.1, 0.15) is 6.92 Å². The largest absolute Gasteiger partial charge is 0.0950 e. The molecule has 9 heavy (non-hydrogen) atoms. The van der Waals surface area contributed by atoms with E-state index in [1.807, 2.05) is 31.2 Å². The van der Waals surface area contributed by atoms with Gasteiger partial charge in [-0.05, 0) is 12.5 Å². The highest BCUT2D eigenvalue weighted by Gasteiger charge is 1.77. The van der Waals surface area contributed by atoms with Gasteiger partial charge in [0.15, 0.2) is 0 Å². The van der Waals surface area contributed by atoms with Gasteiger partial charge in [0.25, 0.3) is 0 Å². The summed E-state index contributed by atoms with van der Waals surface area (Å²) in [4.78, 5) is 0. The molecule has 50 valence electrons. The average molecular weight is 187 g/mol. The van der Waals surface area contributed by atoms with Gasteiger partial charge in [0.2, 0.25) is 0 Å². The smallest absolute Gasteiger partial charge is 0.0277 e. The lowest BCUT2D eigenvalue weighted by atomic mass is 10.3. The summed E-state index contributed by atoms with van der Waals surface area (Å²) >= 11 is 3.29. The lowest BCUT2D eigenvalue weighted by Gasteiger charge is -1.85. The van der Waals surface area contributed by atoms with E-state index in [-0.39, 0.29) is 0 Å². The summed E-state index contributed by atoms with van der Waals surface area (Å²) < 4.78 is 0. The van der Waals surface area contributed by atoms with Gasteiger partial charge in [-0.2, -0.15) is 0 Å². The lowest BCUT2D eigenvalue weighted by Crippen LogP contribution is -1.71. The van der Waals surface area contributed by atoms with Gasteiger partial charge in [0.1, 0.15) is 0 Å². The van der Waals surface area contributed by atoms with E-state index in [1.165, 1.54) is 0 Å². The molecule has 0 nitrogen and oxygen atoms in total. The number of halogens is 1. The molecule has 0 bridgehead atoms. The fraction of sp³-hybridized carbons (Fsp3) is 0.250. The zero-order valence-corrected chi connectivity index (χ0v) is 7.19. The first-order valence-corrected chi connectivity index (χ1v) is 3.96. The molecular formula is C8H11Br. The van der Waals surface area contributed by atoms with E-state index in [0.717, 1.165) is 10.9 Å². The van der Waals surface area contributed by atoms with Crippen LogP contribution in [-0.2, 0) is 0 Å². The van der Waals surface area contributed by atoms with E-state index < -0.39 is 0 Å². The van der Waals surface area contributed by atoms with Crippen LogP contribution in [0.2, 0.25) is 0 Å². The molecule has 0 aromatic heterocycles. The van der Waals surface area contributed by atoms with Gasteiger partial charge >= 0.3 is 0 Å².